The molecule has 2 aromatic heterocycles. The van der Waals surface area contributed by atoms with Crippen molar-refractivity contribution in [2.24, 2.45) is 0 Å². The van der Waals surface area contributed by atoms with Gasteiger partial charge in [0.25, 0.3) is 0 Å². The minimum absolute atomic E-state index is 0.910. The number of anilines is 2. The van der Waals surface area contributed by atoms with Gasteiger partial charge in [-0.25, -0.2) is 0 Å². The second-order valence-corrected chi connectivity index (χ2v) is 9.13. The average molecular weight is 431 g/mol. The zero-order chi connectivity index (χ0) is 22.2. The molecule has 4 N–H and O–H groups in total. The Labute approximate surface area is 192 Å². The molecule has 0 saturated carbocycles. The molecule has 0 radical (unpaired) electrons. The third-order valence-electron chi connectivity index (χ3n) is 6.73. The van der Waals surface area contributed by atoms with Crippen LogP contribution in [-0.2, 0) is 13.1 Å². The standard InChI is InChI=1S/C28H38N4/c29-27-25-17-11-9-15-23(25)21-31(27)19-13-7-5-3-1-2-4-6-8-14-20-32-22-24-16-10-12-18-26(24)28(32)30/h9-12,15-18,21-22H,1-8,13-14,19-20,29-30H2. The number of unbranched alkanes of at least 4 members (excludes halogenated alkanes) is 9. The molecule has 0 spiro atoms. The van der Waals surface area contributed by atoms with Gasteiger partial charge in [-0.1, -0.05) is 99.9 Å². The fraction of sp³-hybridized carbons (Fsp3) is 0.429. The van der Waals surface area contributed by atoms with Crippen molar-refractivity contribution >= 4 is 33.2 Å². The number of hydrogen-bond donors (Lipinski definition) is 2. The van der Waals surface area contributed by atoms with Crippen LogP contribution < -0.4 is 11.5 Å². The third-order valence-corrected chi connectivity index (χ3v) is 6.73. The van der Waals surface area contributed by atoms with E-state index < -0.39 is 0 Å². The summed E-state index contributed by atoms with van der Waals surface area (Å²) >= 11 is 0. The van der Waals surface area contributed by atoms with Gasteiger partial charge in [-0.15, -0.1) is 0 Å². The first-order valence-corrected chi connectivity index (χ1v) is 12.4. The van der Waals surface area contributed by atoms with Crippen molar-refractivity contribution in [1.29, 1.82) is 0 Å². The van der Waals surface area contributed by atoms with Gasteiger partial charge >= 0.3 is 0 Å². The first-order chi connectivity index (χ1) is 15.7. The van der Waals surface area contributed by atoms with E-state index in [2.05, 4.69) is 70.1 Å². The van der Waals surface area contributed by atoms with Crippen molar-refractivity contribution in [1.82, 2.24) is 9.13 Å². The van der Waals surface area contributed by atoms with Crippen LogP contribution in [0.4, 0.5) is 11.6 Å². The molecule has 0 aliphatic rings. The molecule has 0 aliphatic heterocycles. The molecule has 0 bridgehead atoms. The van der Waals surface area contributed by atoms with E-state index in [1.807, 2.05) is 0 Å². The maximum atomic E-state index is 6.28. The summed E-state index contributed by atoms with van der Waals surface area (Å²) in [6, 6.07) is 16.8. The monoisotopic (exact) mass is 430 g/mol. The highest BCUT2D eigenvalue weighted by molar-refractivity contribution is 5.93. The molecule has 0 aliphatic carbocycles. The van der Waals surface area contributed by atoms with E-state index in [9.17, 15) is 0 Å². The lowest BCUT2D eigenvalue weighted by Gasteiger charge is -2.07. The van der Waals surface area contributed by atoms with Crippen molar-refractivity contribution in [3.05, 3.63) is 60.9 Å². The zero-order valence-electron chi connectivity index (χ0n) is 19.3. The van der Waals surface area contributed by atoms with Crippen molar-refractivity contribution in [3.63, 3.8) is 0 Å². The molecule has 170 valence electrons. The summed E-state index contributed by atoms with van der Waals surface area (Å²) in [7, 11) is 0. The summed E-state index contributed by atoms with van der Waals surface area (Å²) in [4.78, 5) is 0. The number of benzene rings is 2. The quantitative estimate of drug-likeness (QED) is 0.218. The van der Waals surface area contributed by atoms with Crippen molar-refractivity contribution < 1.29 is 0 Å². The lowest BCUT2D eigenvalue weighted by atomic mass is 10.1. The highest BCUT2D eigenvalue weighted by Gasteiger charge is 2.06. The Morgan fingerprint density at radius 2 is 0.812 bits per heavy atom. The second kappa shape index (κ2) is 11.1. The largest absolute Gasteiger partial charge is 0.385 e. The molecular weight excluding hydrogens is 392 g/mol. The van der Waals surface area contributed by atoms with E-state index >= 15 is 0 Å². The van der Waals surface area contributed by atoms with Crippen LogP contribution in [-0.4, -0.2) is 9.13 Å². The predicted octanol–water partition coefficient (Wildman–Crippen LogP) is 7.36. The first-order valence-electron chi connectivity index (χ1n) is 12.4. The molecular formula is C28H38N4. The molecule has 0 amide bonds. The normalized spacial score (nSPS) is 11.6. The maximum Gasteiger partial charge on any atom is 0.111 e. The van der Waals surface area contributed by atoms with Crippen LogP contribution in [0.1, 0.15) is 64.2 Å². The van der Waals surface area contributed by atoms with E-state index in [4.69, 9.17) is 11.5 Å². The van der Waals surface area contributed by atoms with Crippen LogP contribution in [0.2, 0.25) is 0 Å². The summed E-state index contributed by atoms with van der Waals surface area (Å²) in [5.41, 5.74) is 12.6. The van der Waals surface area contributed by atoms with Gasteiger partial charge < -0.3 is 20.6 Å². The number of fused-ring (bicyclic) bond motifs is 2. The van der Waals surface area contributed by atoms with Crippen LogP contribution in [0.3, 0.4) is 0 Å². The number of aromatic nitrogens is 2. The molecule has 2 aromatic carbocycles. The highest BCUT2D eigenvalue weighted by Crippen LogP contribution is 2.25. The van der Waals surface area contributed by atoms with Crippen molar-refractivity contribution in [2.45, 2.75) is 77.3 Å². The highest BCUT2D eigenvalue weighted by atomic mass is 15.0. The Bertz CT molecular complexity index is 1030. The van der Waals surface area contributed by atoms with Crippen LogP contribution >= 0.6 is 0 Å². The van der Waals surface area contributed by atoms with Gasteiger partial charge in [0.2, 0.25) is 0 Å². The molecule has 2 heterocycles. The van der Waals surface area contributed by atoms with Crippen LogP contribution in [0.15, 0.2) is 60.9 Å². The number of hydrogen-bond acceptors (Lipinski definition) is 2. The topological polar surface area (TPSA) is 61.9 Å². The van der Waals surface area contributed by atoms with E-state index in [0.29, 0.717) is 0 Å². The van der Waals surface area contributed by atoms with E-state index in [-0.39, 0.29) is 0 Å². The molecule has 4 aromatic rings. The summed E-state index contributed by atoms with van der Waals surface area (Å²) in [6.45, 7) is 2.06. The Kier molecular flexibility index (Phi) is 7.76. The molecule has 4 rings (SSSR count). The van der Waals surface area contributed by atoms with Gasteiger partial charge in [0.05, 0.1) is 0 Å². The lowest BCUT2D eigenvalue weighted by Crippen LogP contribution is -2.01. The molecule has 0 unspecified atom stereocenters. The Morgan fingerprint density at radius 3 is 1.19 bits per heavy atom. The zero-order valence-corrected chi connectivity index (χ0v) is 19.3. The number of nitrogens with two attached hydrogens (primary N) is 2. The van der Waals surface area contributed by atoms with Crippen LogP contribution in [0.25, 0.3) is 21.5 Å². The van der Waals surface area contributed by atoms with E-state index in [1.54, 1.807) is 0 Å². The number of nitrogens with zero attached hydrogens (tertiary/aromatic N) is 2. The third kappa shape index (κ3) is 5.48. The minimum Gasteiger partial charge on any atom is -0.385 e. The fourth-order valence-electron chi connectivity index (χ4n) is 4.82. The lowest BCUT2D eigenvalue weighted by molar-refractivity contribution is 0.525. The fourth-order valence-corrected chi connectivity index (χ4v) is 4.82. The Hall–Kier alpha value is -2.88. The maximum absolute atomic E-state index is 6.28. The van der Waals surface area contributed by atoms with Gasteiger partial charge in [0, 0.05) is 47.0 Å². The molecule has 4 heteroatoms. The summed E-state index contributed by atoms with van der Waals surface area (Å²) in [5.74, 6) is 1.82. The van der Waals surface area contributed by atoms with Crippen molar-refractivity contribution in [3.8, 4) is 0 Å². The molecule has 0 saturated heterocycles. The summed E-state index contributed by atoms with van der Waals surface area (Å²) < 4.78 is 4.43. The minimum atomic E-state index is 0.910. The molecule has 32 heavy (non-hydrogen) atoms. The molecule has 4 nitrogen and oxygen atoms in total. The van der Waals surface area contributed by atoms with E-state index in [0.717, 1.165) is 24.7 Å². The number of nitrogen functional groups attached to an aromatic ring is 2. The molecule has 0 atom stereocenters. The second-order valence-electron chi connectivity index (χ2n) is 9.13. The van der Waals surface area contributed by atoms with Gasteiger partial charge in [-0.05, 0) is 12.8 Å². The van der Waals surface area contributed by atoms with E-state index in [1.165, 1.54) is 85.8 Å². The van der Waals surface area contributed by atoms with Gasteiger partial charge in [-0.2, -0.15) is 0 Å². The summed E-state index contributed by atoms with van der Waals surface area (Å²) in [5, 5.41) is 4.85. The van der Waals surface area contributed by atoms with Crippen LogP contribution in [0, 0.1) is 0 Å². The van der Waals surface area contributed by atoms with Gasteiger partial charge in [0.15, 0.2) is 0 Å². The Balaban J connectivity index is 1.01. The van der Waals surface area contributed by atoms with Crippen LogP contribution in [0.5, 0.6) is 0 Å². The predicted molar refractivity (Wildman–Crippen MR) is 139 cm³/mol. The molecule has 0 fully saturated rings. The van der Waals surface area contributed by atoms with Gasteiger partial charge in [-0.3, -0.25) is 0 Å². The average Bonchev–Trinajstić information content (AvgIpc) is 3.31. The number of aryl methyl sites for hydroxylation is 2. The van der Waals surface area contributed by atoms with Crippen molar-refractivity contribution in [2.75, 3.05) is 11.5 Å². The SMILES string of the molecule is Nc1c2ccccc2cn1CCCCCCCCCCCCn1cc2ccccc2c1N. The Morgan fingerprint density at radius 1 is 0.469 bits per heavy atom. The number of rotatable bonds is 13. The smallest absolute Gasteiger partial charge is 0.111 e. The van der Waals surface area contributed by atoms with Gasteiger partial charge in [0.1, 0.15) is 11.6 Å². The first kappa shape index (κ1) is 22.3. The summed E-state index contributed by atoms with van der Waals surface area (Å²) in [6.07, 6.45) is 17.5.